The number of hydrogen-bond acceptors (Lipinski definition) is 8. The van der Waals surface area contributed by atoms with E-state index in [4.69, 9.17) is 14.2 Å². The molecule has 1 atom stereocenters. The standard InChI is InChI=1S/C31H58N2O6S/c1-3-4-5-6-7-8-9-10-11-12-13-14-15-16-17-18-21-32-30(34)38-27-29(39-31(35)36-2)26-37-24-20-19-22-33-23-25-40-28-33/h23,25,29H,3-22,24,26-28H2,1-2H3,(H,32,34)/t29-/m1/s1. The lowest BCUT2D eigenvalue weighted by Gasteiger charge is -2.18. The van der Waals surface area contributed by atoms with Gasteiger partial charge in [0.25, 0.3) is 0 Å². The van der Waals surface area contributed by atoms with E-state index in [0.29, 0.717) is 13.2 Å². The number of ether oxygens (including phenoxy) is 4. The van der Waals surface area contributed by atoms with Gasteiger partial charge in [0.05, 0.1) is 19.6 Å². The molecule has 0 unspecified atom stereocenters. The summed E-state index contributed by atoms with van der Waals surface area (Å²) in [6, 6.07) is 0. The van der Waals surface area contributed by atoms with Crippen molar-refractivity contribution in [2.24, 2.45) is 0 Å². The van der Waals surface area contributed by atoms with Crippen LogP contribution in [-0.4, -0.2) is 69.1 Å². The van der Waals surface area contributed by atoms with Crippen molar-refractivity contribution in [3.05, 3.63) is 11.6 Å². The first-order chi connectivity index (χ1) is 19.7. The monoisotopic (exact) mass is 586 g/mol. The second-order valence-corrected chi connectivity index (χ2v) is 11.6. The highest BCUT2D eigenvalue weighted by Gasteiger charge is 2.18. The predicted molar refractivity (Wildman–Crippen MR) is 165 cm³/mol. The van der Waals surface area contributed by atoms with Crippen LogP contribution in [0.5, 0.6) is 0 Å². The zero-order valence-corrected chi connectivity index (χ0v) is 26.3. The summed E-state index contributed by atoms with van der Waals surface area (Å²) < 4.78 is 20.6. The Morgan fingerprint density at radius 1 is 0.825 bits per heavy atom. The molecule has 0 bridgehead atoms. The van der Waals surface area contributed by atoms with Crippen molar-refractivity contribution in [1.29, 1.82) is 0 Å². The highest BCUT2D eigenvalue weighted by atomic mass is 32.2. The summed E-state index contributed by atoms with van der Waals surface area (Å²) in [6.45, 7) is 4.49. The van der Waals surface area contributed by atoms with Gasteiger partial charge in [0.2, 0.25) is 0 Å². The van der Waals surface area contributed by atoms with Crippen molar-refractivity contribution >= 4 is 24.0 Å². The van der Waals surface area contributed by atoms with Crippen LogP contribution in [0.25, 0.3) is 0 Å². The van der Waals surface area contributed by atoms with E-state index in [9.17, 15) is 9.59 Å². The second-order valence-electron chi connectivity index (χ2n) is 10.7. The highest BCUT2D eigenvalue weighted by molar-refractivity contribution is 8.02. The van der Waals surface area contributed by atoms with Gasteiger partial charge in [-0.1, -0.05) is 103 Å². The molecular weight excluding hydrogens is 528 g/mol. The van der Waals surface area contributed by atoms with E-state index in [2.05, 4.69) is 33.5 Å². The number of amides is 1. The van der Waals surface area contributed by atoms with Crippen LogP contribution in [0.2, 0.25) is 0 Å². The van der Waals surface area contributed by atoms with Gasteiger partial charge in [-0.3, -0.25) is 0 Å². The summed E-state index contributed by atoms with van der Waals surface area (Å²) in [5.74, 6) is 1.01. The molecule has 0 aromatic rings. The third kappa shape index (κ3) is 23.1. The van der Waals surface area contributed by atoms with Gasteiger partial charge in [-0.25, -0.2) is 9.59 Å². The van der Waals surface area contributed by atoms with Crippen LogP contribution >= 0.6 is 11.8 Å². The van der Waals surface area contributed by atoms with Crippen LogP contribution in [0.4, 0.5) is 9.59 Å². The zero-order chi connectivity index (χ0) is 28.9. The molecule has 40 heavy (non-hydrogen) atoms. The minimum Gasteiger partial charge on any atom is -0.446 e. The van der Waals surface area contributed by atoms with Gasteiger partial charge in [0.1, 0.15) is 6.61 Å². The molecule has 0 aliphatic carbocycles. The summed E-state index contributed by atoms with van der Waals surface area (Å²) in [7, 11) is 1.25. The maximum absolute atomic E-state index is 12.0. The summed E-state index contributed by atoms with van der Waals surface area (Å²) in [6.07, 6.45) is 23.1. The van der Waals surface area contributed by atoms with Gasteiger partial charge in [-0.05, 0) is 24.7 Å². The molecule has 9 heteroatoms. The van der Waals surface area contributed by atoms with Gasteiger partial charge < -0.3 is 29.2 Å². The number of alkyl carbamates (subject to hydrolysis) is 1. The molecule has 0 aromatic heterocycles. The molecule has 1 aliphatic heterocycles. The number of thioether (sulfide) groups is 1. The van der Waals surface area contributed by atoms with E-state index in [-0.39, 0.29) is 13.2 Å². The first kappa shape index (κ1) is 36.4. The van der Waals surface area contributed by atoms with Crippen LogP contribution in [0.3, 0.4) is 0 Å². The van der Waals surface area contributed by atoms with E-state index < -0.39 is 18.4 Å². The van der Waals surface area contributed by atoms with Crippen LogP contribution in [0, 0.1) is 0 Å². The lowest BCUT2D eigenvalue weighted by atomic mass is 10.0. The fourth-order valence-electron chi connectivity index (χ4n) is 4.57. The molecule has 8 nitrogen and oxygen atoms in total. The van der Waals surface area contributed by atoms with Gasteiger partial charge in [0, 0.05) is 25.9 Å². The van der Waals surface area contributed by atoms with Crippen molar-refractivity contribution in [1.82, 2.24) is 10.2 Å². The SMILES string of the molecule is CCCCCCCCCCCCCCCCCCNC(=O)OC[C@@H](COCCCCN1C=CSC1)OC(=O)OC. The molecule has 0 fully saturated rings. The fraction of sp³-hybridized carbons (Fsp3) is 0.871. The molecule has 0 saturated carbocycles. The molecule has 0 saturated heterocycles. The predicted octanol–water partition coefficient (Wildman–Crippen LogP) is 8.40. The number of nitrogens with zero attached hydrogens (tertiary/aromatic N) is 1. The Balaban J connectivity index is 1.94. The van der Waals surface area contributed by atoms with Crippen LogP contribution < -0.4 is 5.32 Å². The molecule has 0 spiro atoms. The van der Waals surface area contributed by atoms with Crippen LogP contribution in [0.1, 0.15) is 122 Å². The third-order valence-electron chi connectivity index (χ3n) is 7.03. The average Bonchev–Trinajstić information content (AvgIpc) is 3.48. The Morgan fingerprint density at radius 2 is 1.43 bits per heavy atom. The lowest BCUT2D eigenvalue weighted by Crippen LogP contribution is -2.33. The first-order valence-electron chi connectivity index (χ1n) is 15.9. The van der Waals surface area contributed by atoms with E-state index in [1.54, 1.807) is 11.8 Å². The molecule has 0 radical (unpaired) electrons. The quantitative estimate of drug-likeness (QED) is 0.0758. The number of rotatable bonds is 27. The maximum atomic E-state index is 12.0. The molecule has 1 amide bonds. The lowest BCUT2D eigenvalue weighted by molar-refractivity contribution is -0.0342. The summed E-state index contributed by atoms with van der Waals surface area (Å²) in [5, 5.41) is 4.88. The van der Waals surface area contributed by atoms with E-state index in [1.165, 1.54) is 97.0 Å². The Bertz CT molecular complexity index is 637. The highest BCUT2D eigenvalue weighted by Crippen LogP contribution is 2.15. The Morgan fingerprint density at radius 3 is 1.98 bits per heavy atom. The van der Waals surface area contributed by atoms with Gasteiger partial charge >= 0.3 is 12.2 Å². The Hall–Kier alpha value is -1.61. The number of unbranched alkanes of at least 4 members (excludes halogenated alkanes) is 16. The number of carbonyl (C=O) groups excluding carboxylic acids is 2. The van der Waals surface area contributed by atoms with Crippen molar-refractivity contribution in [3.8, 4) is 0 Å². The first-order valence-corrected chi connectivity index (χ1v) is 17.0. The number of carbonyl (C=O) groups is 2. The second kappa shape index (κ2) is 27.6. The average molecular weight is 587 g/mol. The van der Waals surface area contributed by atoms with Crippen molar-refractivity contribution in [2.45, 2.75) is 129 Å². The van der Waals surface area contributed by atoms with Crippen LogP contribution in [0.15, 0.2) is 11.6 Å². The topological polar surface area (TPSA) is 86.3 Å². The minimum atomic E-state index is -0.816. The van der Waals surface area contributed by atoms with Crippen molar-refractivity contribution in [2.75, 3.05) is 45.9 Å². The largest absolute Gasteiger partial charge is 0.508 e. The van der Waals surface area contributed by atoms with E-state index in [0.717, 1.165) is 38.1 Å². The summed E-state index contributed by atoms with van der Waals surface area (Å²) in [5.41, 5.74) is 0. The maximum Gasteiger partial charge on any atom is 0.508 e. The van der Waals surface area contributed by atoms with Crippen molar-refractivity contribution < 1.29 is 28.5 Å². The van der Waals surface area contributed by atoms with Gasteiger partial charge in [0.15, 0.2) is 6.10 Å². The molecule has 234 valence electrons. The summed E-state index contributed by atoms with van der Waals surface area (Å²) >= 11 is 1.79. The van der Waals surface area contributed by atoms with Gasteiger partial charge in [-0.2, -0.15) is 0 Å². The molecule has 1 heterocycles. The normalized spacial score (nSPS) is 13.4. The van der Waals surface area contributed by atoms with Crippen molar-refractivity contribution in [3.63, 3.8) is 0 Å². The fourth-order valence-corrected chi connectivity index (χ4v) is 5.32. The Labute approximate surface area is 248 Å². The van der Waals surface area contributed by atoms with Crippen LogP contribution in [-0.2, 0) is 18.9 Å². The molecule has 1 rings (SSSR count). The zero-order valence-electron chi connectivity index (χ0n) is 25.5. The molecule has 1 aliphatic rings. The molecular formula is C31H58N2O6S. The van der Waals surface area contributed by atoms with E-state index in [1.807, 2.05) is 0 Å². The molecule has 0 aromatic carbocycles. The third-order valence-corrected chi connectivity index (χ3v) is 7.82. The van der Waals surface area contributed by atoms with Gasteiger partial charge in [-0.15, -0.1) is 11.8 Å². The number of hydrogen-bond donors (Lipinski definition) is 1. The Kier molecular flexibility index (Phi) is 25.1. The van der Waals surface area contributed by atoms with E-state index >= 15 is 0 Å². The molecule has 1 N–H and O–H groups in total. The number of methoxy groups -OCH3 is 1. The number of nitrogens with one attached hydrogen (secondary N) is 1. The minimum absolute atomic E-state index is 0.0737. The summed E-state index contributed by atoms with van der Waals surface area (Å²) in [4.78, 5) is 25.8. The smallest absolute Gasteiger partial charge is 0.446 e.